The van der Waals surface area contributed by atoms with Crippen LogP contribution in [0.1, 0.15) is 31.4 Å². The zero-order valence-electron chi connectivity index (χ0n) is 14.9. The summed E-state index contributed by atoms with van der Waals surface area (Å²) >= 11 is 0. The zero-order chi connectivity index (χ0) is 18.4. The minimum Gasteiger partial charge on any atom is -0.360 e. The summed E-state index contributed by atoms with van der Waals surface area (Å²) in [6.45, 7) is 3.84. The summed E-state index contributed by atoms with van der Waals surface area (Å²) in [6.07, 6.45) is 1.22. The van der Waals surface area contributed by atoms with Gasteiger partial charge in [-0.25, -0.2) is 0 Å². The van der Waals surface area contributed by atoms with Crippen molar-refractivity contribution in [1.82, 2.24) is 0 Å². The van der Waals surface area contributed by atoms with Gasteiger partial charge in [-0.15, -0.1) is 0 Å². The Morgan fingerprint density at radius 3 is 1.96 bits per heavy atom. The van der Waals surface area contributed by atoms with Crippen LogP contribution in [0, 0.1) is 0 Å². The van der Waals surface area contributed by atoms with E-state index in [1.165, 1.54) is 0 Å². The molecule has 4 nitrogen and oxygen atoms in total. The molecule has 2 atom stereocenters. The molecule has 2 aromatic rings. The minimum absolute atomic E-state index is 0.148. The van der Waals surface area contributed by atoms with Gasteiger partial charge in [-0.05, 0) is 37.8 Å². The van der Waals surface area contributed by atoms with E-state index < -0.39 is 11.8 Å². The third-order valence-corrected chi connectivity index (χ3v) is 4.47. The van der Waals surface area contributed by atoms with E-state index in [-0.39, 0.29) is 6.04 Å². The maximum Gasteiger partial charge on any atom is 0.209 e. The molecular weight excluding hydrogens is 312 g/mol. The monoisotopic (exact) mass is 340 g/mol. The predicted octanol–water partition coefficient (Wildman–Crippen LogP) is 2.45. The Balaban J connectivity index is 2.16. The highest BCUT2D eigenvalue weighted by molar-refractivity contribution is 5.29. The zero-order valence-corrected chi connectivity index (χ0v) is 14.9. The van der Waals surface area contributed by atoms with Crippen LogP contribution < -0.4 is 11.5 Å². The lowest BCUT2D eigenvalue weighted by Crippen LogP contribution is -2.48. The van der Waals surface area contributed by atoms with Gasteiger partial charge in [0.2, 0.25) is 5.79 Å². The van der Waals surface area contributed by atoms with Gasteiger partial charge in [0.1, 0.15) is 0 Å². The maximum atomic E-state index is 10.6. The standard InChI is InChI=1S/C21H28N2O2/c1-15(2)19(14-18(22)13-16-9-5-3-6-10-16)20(23)21(24,25)17-11-7-4-8-12-17/h3-12,18,20,24-25H,13-14,22-23H2,1-2H3. The van der Waals surface area contributed by atoms with Crippen LogP contribution in [0.15, 0.2) is 71.8 Å². The number of nitrogens with two attached hydrogens (primary N) is 2. The van der Waals surface area contributed by atoms with Crippen LogP contribution in [0.25, 0.3) is 0 Å². The van der Waals surface area contributed by atoms with E-state index in [4.69, 9.17) is 11.5 Å². The molecule has 0 heterocycles. The Morgan fingerprint density at radius 2 is 1.44 bits per heavy atom. The van der Waals surface area contributed by atoms with Gasteiger partial charge in [-0.2, -0.15) is 0 Å². The summed E-state index contributed by atoms with van der Waals surface area (Å²) in [5.41, 5.74) is 15.8. The Hall–Kier alpha value is -1.98. The fourth-order valence-corrected chi connectivity index (χ4v) is 3.02. The van der Waals surface area contributed by atoms with Gasteiger partial charge in [0.25, 0.3) is 0 Å². The van der Waals surface area contributed by atoms with Crippen molar-refractivity contribution in [3.05, 3.63) is 82.9 Å². The molecule has 0 aliphatic heterocycles. The fourth-order valence-electron chi connectivity index (χ4n) is 3.02. The molecule has 0 amide bonds. The second-order valence-corrected chi connectivity index (χ2v) is 6.75. The number of hydrogen-bond acceptors (Lipinski definition) is 4. The molecule has 0 bridgehead atoms. The van der Waals surface area contributed by atoms with Crippen molar-refractivity contribution in [2.24, 2.45) is 11.5 Å². The number of hydrogen-bond donors (Lipinski definition) is 4. The van der Waals surface area contributed by atoms with Crippen molar-refractivity contribution in [3.63, 3.8) is 0 Å². The highest BCUT2D eigenvalue weighted by Crippen LogP contribution is 2.28. The molecule has 2 rings (SSSR count). The molecule has 0 spiro atoms. The van der Waals surface area contributed by atoms with Crippen LogP contribution >= 0.6 is 0 Å². The smallest absolute Gasteiger partial charge is 0.209 e. The molecule has 0 saturated carbocycles. The number of benzene rings is 2. The first kappa shape index (κ1) is 19.3. The minimum atomic E-state index is -2.14. The van der Waals surface area contributed by atoms with Gasteiger partial charge >= 0.3 is 0 Å². The average Bonchev–Trinajstić information content (AvgIpc) is 2.60. The van der Waals surface area contributed by atoms with Crippen molar-refractivity contribution >= 4 is 0 Å². The van der Waals surface area contributed by atoms with Crippen molar-refractivity contribution in [2.75, 3.05) is 0 Å². The molecule has 0 aliphatic rings. The second-order valence-electron chi connectivity index (χ2n) is 6.75. The molecule has 4 heteroatoms. The highest BCUT2D eigenvalue weighted by Gasteiger charge is 2.36. The van der Waals surface area contributed by atoms with Gasteiger partial charge < -0.3 is 21.7 Å². The van der Waals surface area contributed by atoms with Gasteiger partial charge in [0.05, 0.1) is 6.04 Å². The maximum absolute atomic E-state index is 10.6. The lowest BCUT2D eigenvalue weighted by Gasteiger charge is -2.32. The van der Waals surface area contributed by atoms with Gasteiger partial charge in [0.15, 0.2) is 0 Å². The lowest BCUT2D eigenvalue weighted by atomic mass is 9.86. The highest BCUT2D eigenvalue weighted by atomic mass is 16.5. The molecular formula is C21H28N2O2. The lowest BCUT2D eigenvalue weighted by molar-refractivity contribution is -0.179. The first-order chi connectivity index (χ1) is 11.8. The van der Waals surface area contributed by atoms with E-state index in [0.29, 0.717) is 18.4 Å². The number of rotatable bonds is 7. The van der Waals surface area contributed by atoms with E-state index in [2.05, 4.69) is 0 Å². The molecule has 2 unspecified atom stereocenters. The van der Waals surface area contributed by atoms with E-state index in [1.807, 2.05) is 50.2 Å². The summed E-state index contributed by atoms with van der Waals surface area (Å²) in [7, 11) is 0. The Morgan fingerprint density at radius 1 is 0.920 bits per heavy atom. The fraction of sp³-hybridized carbons (Fsp3) is 0.333. The molecule has 2 aromatic carbocycles. The molecule has 0 saturated heterocycles. The first-order valence-corrected chi connectivity index (χ1v) is 8.54. The average molecular weight is 340 g/mol. The number of allylic oxidation sites excluding steroid dienone is 1. The van der Waals surface area contributed by atoms with Crippen LogP contribution in [-0.4, -0.2) is 22.3 Å². The number of aliphatic hydroxyl groups is 2. The molecule has 0 aromatic heterocycles. The van der Waals surface area contributed by atoms with Gasteiger partial charge in [0, 0.05) is 11.6 Å². The van der Waals surface area contributed by atoms with Crippen molar-refractivity contribution in [1.29, 1.82) is 0 Å². The molecule has 0 radical (unpaired) electrons. The van der Waals surface area contributed by atoms with E-state index in [1.54, 1.807) is 24.3 Å². The summed E-state index contributed by atoms with van der Waals surface area (Å²) in [6, 6.07) is 17.6. The van der Waals surface area contributed by atoms with E-state index in [9.17, 15) is 10.2 Å². The summed E-state index contributed by atoms with van der Waals surface area (Å²) < 4.78 is 0. The molecule has 25 heavy (non-hydrogen) atoms. The van der Waals surface area contributed by atoms with Crippen LogP contribution in [0.3, 0.4) is 0 Å². The Labute approximate surface area is 149 Å². The summed E-state index contributed by atoms with van der Waals surface area (Å²) in [4.78, 5) is 0. The quantitative estimate of drug-likeness (QED) is 0.460. The molecule has 6 N–H and O–H groups in total. The second kappa shape index (κ2) is 8.41. The normalized spacial score (nSPS) is 14.0. The van der Waals surface area contributed by atoms with Crippen molar-refractivity contribution in [2.45, 2.75) is 44.6 Å². The van der Waals surface area contributed by atoms with E-state index >= 15 is 0 Å². The first-order valence-electron chi connectivity index (χ1n) is 8.54. The molecule has 0 aliphatic carbocycles. The van der Waals surface area contributed by atoms with Crippen LogP contribution in [0.2, 0.25) is 0 Å². The summed E-state index contributed by atoms with van der Waals surface area (Å²) in [5.74, 6) is -2.14. The largest absolute Gasteiger partial charge is 0.360 e. The van der Waals surface area contributed by atoms with Crippen molar-refractivity contribution < 1.29 is 10.2 Å². The predicted molar refractivity (Wildman–Crippen MR) is 102 cm³/mol. The third kappa shape index (κ3) is 5.00. The van der Waals surface area contributed by atoms with Crippen LogP contribution in [0.5, 0.6) is 0 Å². The van der Waals surface area contributed by atoms with E-state index in [0.717, 1.165) is 16.7 Å². The molecule has 134 valence electrons. The van der Waals surface area contributed by atoms with Gasteiger partial charge in [-0.3, -0.25) is 0 Å². The molecule has 0 fully saturated rings. The SMILES string of the molecule is CC(C)=C(CC(N)Cc1ccccc1)C(N)C(O)(O)c1ccccc1. The Kier molecular flexibility index (Phi) is 6.51. The Bertz CT molecular complexity index is 692. The van der Waals surface area contributed by atoms with Crippen LogP contribution in [-0.2, 0) is 12.2 Å². The van der Waals surface area contributed by atoms with Crippen molar-refractivity contribution in [3.8, 4) is 0 Å². The van der Waals surface area contributed by atoms with Gasteiger partial charge in [-0.1, -0.05) is 66.2 Å². The van der Waals surface area contributed by atoms with Crippen LogP contribution in [0.4, 0.5) is 0 Å². The topological polar surface area (TPSA) is 92.5 Å². The summed E-state index contributed by atoms with van der Waals surface area (Å²) in [5, 5.41) is 21.3. The third-order valence-electron chi connectivity index (χ3n) is 4.47.